The Hall–Kier alpha value is -3.11. The van der Waals surface area contributed by atoms with Crippen molar-refractivity contribution < 1.29 is 34.2 Å². The quantitative estimate of drug-likeness (QED) is 0.0425. The van der Waals surface area contributed by atoms with Crippen molar-refractivity contribution >= 4 is 47.4 Å². The predicted octanol–water partition coefficient (Wildman–Crippen LogP) is -2.74. The molecule has 15 nitrogen and oxygen atoms in total. The molecular weight excluding hydrogens is 508 g/mol. The van der Waals surface area contributed by atoms with Crippen LogP contribution in [0.1, 0.15) is 44.9 Å². The second-order valence-corrected chi connectivity index (χ2v) is 9.23. The van der Waals surface area contributed by atoms with Gasteiger partial charge in [0.25, 0.3) is 0 Å². The number of carboxylic acids is 2. The molecular formula is C21H40N8O7S. The van der Waals surface area contributed by atoms with E-state index in [0.29, 0.717) is 25.1 Å². The lowest BCUT2D eigenvalue weighted by Crippen LogP contribution is -2.57. The second-order valence-electron chi connectivity index (χ2n) is 8.24. The molecule has 0 radical (unpaired) electrons. The zero-order chi connectivity index (χ0) is 28.4. The number of thioether (sulfide) groups is 1. The summed E-state index contributed by atoms with van der Waals surface area (Å²) in [5.41, 5.74) is 21.7. The minimum absolute atomic E-state index is 0.0746. The van der Waals surface area contributed by atoms with E-state index in [4.69, 9.17) is 28.0 Å². The van der Waals surface area contributed by atoms with E-state index in [2.05, 4.69) is 20.9 Å². The molecule has 0 aliphatic rings. The maximum absolute atomic E-state index is 13.0. The van der Waals surface area contributed by atoms with Gasteiger partial charge in [0.2, 0.25) is 17.7 Å². The summed E-state index contributed by atoms with van der Waals surface area (Å²) in [5.74, 6) is -4.44. The summed E-state index contributed by atoms with van der Waals surface area (Å²) in [5, 5.41) is 25.8. The topological polar surface area (TPSA) is 278 Å². The highest BCUT2D eigenvalue weighted by molar-refractivity contribution is 7.98. The van der Waals surface area contributed by atoms with Gasteiger partial charge in [0.05, 0.1) is 12.5 Å². The normalized spacial score (nSPS) is 13.9. The third kappa shape index (κ3) is 15.6. The molecule has 0 aromatic carbocycles. The summed E-state index contributed by atoms with van der Waals surface area (Å²) in [6.07, 6.45) is 2.92. The Morgan fingerprint density at radius 1 is 0.838 bits per heavy atom. The third-order valence-electron chi connectivity index (χ3n) is 5.11. The SMILES string of the molecule is CSCCC(NC(=O)C(N)CC(=O)O)C(=O)NC(CCCN=C(N)N)C(=O)NC(CCCCN)C(=O)O. The van der Waals surface area contributed by atoms with Crippen molar-refractivity contribution in [2.75, 3.05) is 25.1 Å². The maximum Gasteiger partial charge on any atom is 0.326 e. The predicted molar refractivity (Wildman–Crippen MR) is 139 cm³/mol. The molecule has 3 amide bonds. The summed E-state index contributed by atoms with van der Waals surface area (Å²) in [4.78, 5) is 64.6. The molecule has 0 aromatic heterocycles. The zero-order valence-electron chi connectivity index (χ0n) is 21.0. The van der Waals surface area contributed by atoms with E-state index in [9.17, 15) is 29.1 Å². The molecule has 0 bridgehead atoms. The molecule has 0 saturated carbocycles. The fourth-order valence-corrected chi connectivity index (χ4v) is 3.60. The molecule has 212 valence electrons. The highest BCUT2D eigenvalue weighted by Gasteiger charge is 2.30. The van der Waals surface area contributed by atoms with Gasteiger partial charge < -0.3 is 49.1 Å². The highest BCUT2D eigenvalue weighted by atomic mass is 32.2. The monoisotopic (exact) mass is 548 g/mol. The molecule has 4 atom stereocenters. The Balaban J connectivity index is 5.58. The molecule has 0 spiro atoms. The Bertz CT molecular complexity index is 795. The number of guanidine groups is 1. The Kier molecular flexibility index (Phi) is 17.5. The van der Waals surface area contributed by atoms with E-state index in [1.54, 1.807) is 6.26 Å². The van der Waals surface area contributed by atoms with Crippen LogP contribution in [0.4, 0.5) is 0 Å². The fraction of sp³-hybridized carbons (Fsp3) is 0.714. The Morgan fingerprint density at radius 3 is 1.89 bits per heavy atom. The number of amides is 3. The molecule has 0 aromatic rings. The molecule has 0 heterocycles. The number of carboxylic acid groups (broad SMARTS) is 2. The summed E-state index contributed by atoms with van der Waals surface area (Å²) >= 11 is 1.41. The number of nitrogens with one attached hydrogen (secondary N) is 3. The van der Waals surface area contributed by atoms with Crippen molar-refractivity contribution in [3.63, 3.8) is 0 Å². The summed E-state index contributed by atoms with van der Waals surface area (Å²) < 4.78 is 0. The van der Waals surface area contributed by atoms with Crippen molar-refractivity contribution in [3.8, 4) is 0 Å². The van der Waals surface area contributed by atoms with Gasteiger partial charge in [-0.3, -0.25) is 24.2 Å². The van der Waals surface area contributed by atoms with Crippen molar-refractivity contribution in [1.82, 2.24) is 16.0 Å². The van der Waals surface area contributed by atoms with E-state index in [-0.39, 0.29) is 38.2 Å². The van der Waals surface area contributed by atoms with E-state index in [1.807, 2.05) is 0 Å². The Morgan fingerprint density at radius 2 is 1.38 bits per heavy atom. The number of aliphatic imine (C=N–C) groups is 1. The molecule has 4 unspecified atom stereocenters. The lowest BCUT2D eigenvalue weighted by atomic mass is 10.1. The van der Waals surface area contributed by atoms with Crippen LogP contribution in [0.5, 0.6) is 0 Å². The van der Waals surface area contributed by atoms with Gasteiger partial charge in [-0.2, -0.15) is 11.8 Å². The van der Waals surface area contributed by atoms with Crippen LogP contribution in [0.15, 0.2) is 4.99 Å². The van der Waals surface area contributed by atoms with Crippen LogP contribution in [0.25, 0.3) is 0 Å². The van der Waals surface area contributed by atoms with Crippen molar-refractivity contribution in [3.05, 3.63) is 0 Å². The number of hydrogen-bond acceptors (Lipinski definition) is 9. The van der Waals surface area contributed by atoms with Gasteiger partial charge >= 0.3 is 11.9 Å². The average Bonchev–Trinajstić information content (AvgIpc) is 2.81. The average molecular weight is 549 g/mol. The molecule has 0 aliphatic carbocycles. The van der Waals surface area contributed by atoms with E-state index >= 15 is 0 Å². The number of carbonyl (C=O) groups is 5. The number of nitrogens with two attached hydrogens (primary N) is 4. The Labute approximate surface area is 219 Å². The van der Waals surface area contributed by atoms with Crippen molar-refractivity contribution in [1.29, 1.82) is 0 Å². The van der Waals surface area contributed by atoms with Crippen LogP contribution in [-0.2, 0) is 24.0 Å². The third-order valence-corrected chi connectivity index (χ3v) is 5.76. The highest BCUT2D eigenvalue weighted by Crippen LogP contribution is 2.07. The first kappa shape index (κ1) is 33.9. The van der Waals surface area contributed by atoms with Gasteiger partial charge in [-0.25, -0.2) is 4.79 Å². The molecule has 0 fully saturated rings. The van der Waals surface area contributed by atoms with Crippen LogP contribution in [0, 0.1) is 0 Å². The van der Waals surface area contributed by atoms with Crippen LogP contribution >= 0.6 is 11.8 Å². The molecule has 0 saturated heterocycles. The van der Waals surface area contributed by atoms with Crippen LogP contribution in [-0.4, -0.2) is 95.1 Å². The van der Waals surface area contributed by atoms with Crippen LogP contribution < -0.4 is 38.9 Å². The first-order chi connectivity index (χ1) is 17.4. The van der Waals surface area contributed by atoms with E-state index in [0.717, 1.165) is 0 Å². The van der Waals surface area contributed by atoms with Crippen molar-refractivity contribution in [2.24, 2.45) is 27.9 Å². The minimum Gasteiger partial charge on any atom is -0.481 e. The second kappa shape index (κ2) is 19.1. The van der Waals surface area contributed by atoms with Gasteiger partial charge in [0.1, 0.15) is 18.1 Å². The molecule has 0 rings (SSSR count). The van der Waals surface area contributed by atoms with Gasteiger partial charge in [0.15, 0.2) is 5.96 Å². The molecule has 0 aliphatic heterocycles. The summed E-state index contributed by atoms with van der Waals surface area (Å²) in [7, 11) is 0. The molecule has 37 heavy (non-hydrogen) atoms. The number of carbonyl (C=O) groups excluding carboxylic acids is 3. The number of aliphatic carboxylic acids is 2. The number of unbranched alkanes of at least 4 members (excludes halogenated alkanes) is 1. The van der Waals surface area contributed by atoms with Crippen LogP contribution in [0.2, 0.25) is 0 Å². The maximum atomic E-state index is 13.0. The standard InChI is InChI=1S/C21H40N8O7S/c1-37-10-7-14(27-17(32)12(23)11-16(30)31)19(34)28-13(6-4-9-26-21(24)25)18(33)29-15(20(35)36)5-2-3-8-22/h12-15H,2-11,22-23H2,1H3,(H,27,32)(H,28,34)(H,29,33)(H,30,31)(H,35,36)(H4,24,25,26). The summed E-state index contributed by atoms with van der Waals surface area (Å²) in [6, 6.07) is -4.81. The molecule has 16 heteroatoms. The first-order valence-electron chi connectivity index (χ1n) is 11.8. The minimum atomic E-state index is -1.37. The number of nitrogens with zero attached hydrogens (tertiary/aromatic N) is 1. The van der Waals surface area contributed by atoms with Gasteiger partial charge in [-0.15, -0.1) is 0 Å². The summed E-state index contributed by atoms with van der Waals surface area (Å²) in [6.45, 7) is 0.542. The fourth-order valence-electron chi connectivity index (χ4n) is 3.13. The zero-order valence-corrected chi connectivity index (χ0v) is 21.8. The smallest absolute Gasteiger partial charge is 0.326 e. The van der Waals surface area contributed by atoms with E-state index < -0.39 is 60.2 Å². The molecule has 13 N–H and O–H groups in total. The number of hydrogen-bond donors (Lipinski definition) is 9. The largest absolute Gasteiger partial charge is 0.481 e. The van der Waals surface area contributed by atoms with Gasteiger partial charge in [0, 0.05) is 6.54 Å². The van der Waals surface area contributed by atoms with Gasteiger partial charge in [-0.05, 0) is 57.1 Å². The number of rotatable bonds is 20. The lowest BCUT2D eigenvalue weighted by Gasteiger charge is -2.25. The van der Waals surface area contributed by atoms with Crippen LogP contribution in [0.3, 0.4) is 0 Å². The van der Waals surface area contributed by atoms with E-state index in [1.165, 1.54) is 11.8 Å². The lowest BCUT2D eigenvalue weighted by molar-refractivity contribution is -0.142. The van der Waals surface area contributed by atoms with Gasteiger partial charge in [-0.1, -0.05) is 0 Å². The first-order valence-corrected chi connectivity index (χ1v) is 13.2. The van der Waals surface area contributed by atoms with Crippen molar-refractivity contribution in [2.45, 2.75) is 69.1 Å².